The molecule has 1 heterocycles. The number of halogens is 2. The molecule has 0 aliphatic heterocycles. The summed E-state index contributed by atoms with van der Waals surface area (Å²) in [5.74, 6) is -2.61. The number of hydrogen-bond donors (Lipinski definition) is 0. The fourth-order valence-corrected chi connectivity index (χ4v) is 1.97. The average molecular weight is 369 g/mol. The summed E-state index contributed by atoms with van der Waals surface area (Å²) in [6.45, 7) is 1.29. The van der Waals surface area contributed by atoms with Gasteiger partial charge < -0.3 is 14.2 Å². The van der Waals surface area contributed by atoms with Gasteiger partial charge in [-0.1, -0.05) is 0 Å². The van der Waals surface area contributed by atoms with E-state index in [4.69, 9.17) is 9.47 Å². The van der Waals surface area contributed by atoms with E-state index in [9.17, 15) is 18.4 Å². The van der Waals surface area contributed by atoms with Crippen LogP contribution in [0, 0.1) is 11.6 Å². The molecule has 0 atom stereocenters. The van der Waals surface area contributed by atoms with Crippen LogP contribution in [-0.4, -0.2) is 46.5 Å². The molecule has 1 aromatic carbocycles. The van der Waals surface area contributed by atoms with Gasteiger partial charge in [0.2, 0.25) is 0 Å². The molecule has 0 amide bonds. The lowest BCUT2D eigenvalue weighted by Gasteiger charge is -2.04. The Morgan fingerprint density at radius 1 is 1.19 bits per heavy atom. The summed E-state index contributed by atoms with van der Waals surface area (Å²) in [6.07, 6.45) is -0.0601. The molecule has 0 radical (unpaired) electrons. The summed E-state index contributed by atoms with van der Waals surface area (Å²) < 4.78 is 42.6. The van der Waals surface area contributed by atoms with Crippen molar-refractivity contribution in [1.82, 2.24) is 14.8 Å². The van der Waals surface area contributed by atoms with Gasteiger partial charge in [-0.15, -0.1) is 5.10 Å². The van der Waals surface area contributed by atoms with Crippen LogP contribution in [0.3, 0.4) is 0 Å². The van der Waals surface area contributed by atoms with Gasteiger partial charge in [0, 0.05) is 13.1 Å². The van der Waals surface area contributed by atoms with Crippen LogP contribution in [0.25, 0.3) is 11.4 Å². The topological polar surface area (TPSA) is 92.5 Å². The molecule has 10 heteroatoms. The lowest BCUT2D eigenvalue weighted by atomic mass is 10.2. The minimum absolute atomic E-state index is 0.0354. The van der Waals surface area contributed by atoms with Gasteiger partial charge in [-0.3, -0.25) is 4.79 Å². The van der Waals surface area contributed by atoms with E-state index in [0.29, 0.717) is 0 Å². The van der Waals surface area contributed by atoms with Crippen LogP contribution in [0.4, 0.5) is 8.78 Å². The van der Waals surface area contributed by atoms with Crippen molar-refractivity contribution in [2.45, 2.75) is 13.3 Å². The van der Waals surface area contributed by atoms with Crippen LogP contribution in [0.2, 0.25) is 0 Å². The number of ether oxygens (including phenoxy) is 3. The van der Waals surface area contributed by atoms with Gasteiger partial charge in [0.15, 0.2) is 12.4 Å². The Kier molecular flexibility index (Phi) is 6.59. The highest BCUT2D eigenvalue weighted by molar-refractivity contribution is 5.72. The number of hydrogen-bond acceptors (Lipinski definition) is 7. The van der Waals surface area contributed by atoms with Gasteiger partial charge in [0.25, 0.3) is 0 Å². The first-order chi connectivity index (χ1) is 12.4. The van der Waals surface area contributed by atoms with Crippen molar-refractivity contribution in [3.8, 4) is 17.4 Å². The van der Waals surface area contributed by atoms with Crippen molar-refractivity contribution < 1.29 is 32.6 Å². The molecule has 0 N–H and O–H groups in total. The van der Waals surface area contributed by atoms with E-state index in [1.807, 2.05) is 0 Å². The Morgan fingerprint density at radius 3 is 2.65 bits per heavy atom. The smallest absolute Gasteiger partial charge is 0.344 e. The van der Waals surface area contributed by atoms with Gasteiger partial charge in [0.05, 0.1) is 18.6 Å². The van der Waals surface area contributed by atoms with Gasteiger partial charge in [-0.2, -0.15) is 4.98 Å². The predicted molar refractivity (Wildman–Crippen MR) is 84.1 cm³/mol. The molecule has 0 fully saturated rings. The second-order valence-corrected chi connectivity index (χ2v) is 5.03. The Morgan fingerprint density at radius 2 is 1.96 bits per heavy atom. The molecule has 1 aromatic heterocycles. The SMILES string of the molecule is CCOC(=O)CCOC(=O)COc1nc(-c2ccc(F)cc2F)n(C)n1. The summed E-state index contributed by atoms with van der Waals surface area (Å²) in [5, 5.41) is 3.90. The lowest BCUT2D eigenvalue weighted by Crippen LogP contribution is -2.18. The number of esters is 2. The zero-order chi connectivity index (χ0) is 19.1. The maximum absolute atomic E-state index is 13.8. The molecule has 2 aromatic rings. The van der Waals surface area contributed by atoms with Crippen LogP contribution < -0.4 is 4.74 Å². The number of aromatic nitrogens is 3. The highest BCUT2D eigenvalue weighted by Gasteiger charge is 2.16. The Bertz CT molecular complexity index is 794. The number of nitrogens with zero attached hydrogens (tertiary/aromatic N) is 3. The number of aryl methyl sites for hydroxylation is 1. The minimum Gasteiger partial charge on any atom is -0.466 e. The van der Waals surface area contributed by atoms with E-state index >= 15 is 0 Å². The number of carbonyl (C=O) groups excluding carboxylic acids is 2. The third kappa shape index (κ3) is 5.23. The molecular weight excluding hydrogens is 352 g/mol. The second-order valence-electron chi connectivity index (χ2n) is 5.03. The lowest BCUT2D eigenvalue weighted by molar-refractivity contribution is -0.150. The Balaban J connectivity index is 1.89. The standard InChI is InChI=1S/C16H17F2N3O5/c1-3-24-13(22)6-7-25-14(23)9-26-16-19-15(21(2)20-16)11-5-4-10(17)8-12(11)18/h4-5,8H,3,6-7,9H2,1-2H3. The third-order valence-electron chi connectivity index (χ3n) is 3.11. The monoisotopic (exact) mass is 369 g/mol. The Labute approximate surface area is 147 Å². The molecule has 0 saturated carbocycles. The summed E-state index contributed by atoms with van der Waals surface area (Å²) in [6, 6.07) is 2.87. The molecule has 0 aliphatic carbocycles. The van der Waals surface area contributed by atoms with Gasteiger partial charge >= 0.3 is 17.9 Å². The van der Waals surface area contributed by atoms with Crippen LogP contribution in [0.1, 0.15) is 13.3 Å². The van der Waals surface area contributed by atoms with Crippen molar-refractivity contribution in [2.24, 2.45) is 7.05 Å². The van der Waals surface area contributed by atoms with Crippen LogP contribution >= 0.6 is 0 Å². The van der Waals surface area contributed by atoms with Crippen molar-refractivity contribution in [3.05, 3.63) is 29.8 Å². The predicted octanol–water partition coefficient (Wildman–Crippen LogP) is 1.64. The Hall–Kier alpha value is -3.04. The van der Waals surface area contributed by atoms with E-state index in [1.165, 1.54) is 17.8 Å². The van der Waals surface area contributed by atoms with Crippen LogP contribution in [-0.2, 0) is 26.1 Å². The summed E-state index contributed by atoms with van der Waals surface area (Å²) in [5.41, 5.74) is 0.0354. The van der Waals surface area contributed by atoms with E-state index in [-0.39, 0.29) is 37.0 Å². The molecule has 26 heavy (non-hydrogen) atoms. The molecular formula is C16H17F2N3O5. The highest BCUT2D eigenvalue weighted by atomic mass is 19.1. The number of benzene rings is 1. The molecule has 2 rings (SSSR count). The summed E-state index contributed by atoms with van der Waals surface area (Å²) in [7, 11) is 1.50. The average Bonchev–Trinajstić information content (AvgIpc) is 2.94. The first-order valence-electron chi connectivity index (χ1n) is 7.71. The quantitative estimate of drug-likeness (QED) is 0.653. The largest absolute Gasteiger partial charge is 0.466 e. The van der Waals surface area contributed by atoms with E-state index in [1.54, 1.807) is 6.92 Å². The normalized spacial score (nSPS) is 10.5. The molecule has 0 aliphatic rings. The minimum atomic E-state index is -0.801. The summed E-state index contributed by atoms with van der Waals surface area (Å²) in [4.78, 5) is 26.6. The molecule has 0 bridgehead atoms. The fraction of sp³-hybridized carbons (Fsp3) is 0.375. The van der Waals surface area contributed by atoms with Crippen molar-refractivity contribution in [3.63, 3.8) is 0 Å². The van der Waals surface area contributed by atoms with E-state index < -0.39 is 30.2 Å². The maximum atomic E-state index is 13.8. The van der Waals surface area contributed by atoms with Gasteiger partial charge in [-0.05, 0) is 19.1 Å². The third-order valence-corrected chi connectivity index (χ3v) is 3.11. The second kappa shape index (κ2) is 8.88. The number of rotatable bonds is 8. The zero-order valence-corrected chi connectivity index (χ0v) is 14.2. The first-order valence-corrected chi connectivity index (χ1v) is 7.71. The highest BCUT2D eigenvalue weighted by Crippen LogP contribution is 2.22. The molecule has 8 nitrogen and oxygen atoms in total. The zero-order valence-electron chi connectivity index (χ0n) is 14.2. The van der Waals surface area contributed by atoms with E-state index in [2.05, 4.69) is 14.8 Å². The van der Waals surface area contributed by atoms with Crippen molar-refractivity contribution >= 4 is 11.9 Å². The maximum Gasteiger partial charge on any atom is 0.344 e. The van der Waals surface area contributed by atoms with Crippen LogP contribution in [0.5, 0.6) is 6.01 Å². The molecule has 140 valence electrons. The van der Waals surface area contributed by atoms with Crippen molar-refractivity contribution in [2.75, 3.05) is 19.8 Å². The summed E-state index contributed by atoms with van der Waals surface area (Å²) >= 11 is 0. The molecule has 0 unspecified atom stereocenters. The van der Waals surface area contributed by atoms with E-state index in [0.717, 1.165) is 12.1 Å². The fourth-order valence-electron chi connectivity index (χ4n) is 1.97. The molecule has 0 saturated heterocycles. The van der Waals surface area contributed by atoms with Crippen molar-refractivity contribution in [1.29, 1.82) is 0 Å². The van der Waals surface area contributed by atoms with Crippen LogP contribution in [0.15, 0.2) is 18.2 Å². The number of carbonyl (C=O) groups is 2. The first kappa shape index (κ1) is 19.3. The molecule has 0 spiro atoms. The van der Waals surface area contributed by atoms with Gasteiger partial charge in [0.1, 0.15) is 18.2 Å². The van der Waals surface area contributed by atoms with Gasteiger partial charge in [-0.25, -0.2) is 18.3 Å².